The summed E-state index contributed by atoms with van der Waals surface area (Å²) in [5, 5.41) is 15.5. The molecule has 10 heteroatoms. The van der Waals surface area contributed by atoms with Crippen LogP contribution in [-0.2, 0) is 20.2 Å². The van der Waals surface area contributed by atoms with Gasteiger partial charge in [-0.3, -0.25) is 0 Å². The first-order valence-electron chi connectivity index (χ1n) is 5.03. The Morgan fingerprint density at radius 2 is 1.20 bits per heavy atom. The van der Waals surface area contributed by atoms with Crippen molar-refractivity contribution in [3.63, 3.8) is 0 Å². The van der Waals surface area contributed by atoms with E-state index in [-0.39, 0.29) is 22.3 Å². The molecule has 2 rings (SSSR count). The number of rotatable bonds is 2. The molecule has 0 aliphatic carbocycles. The van der Waals surface area contributed by atoms with Gasteiger partial charge in [0, 0.05) is 5.39 Å². The molecule has 0 saturated heterocycles. The van der Waals surface area contributed by atoms with Crippen LogP contribution in [0.4, 0.5) is 0 Å². The monoisotopic (exact) mass is 324 g/mol. The maximum absolute atomic E-state index is 11.2. The van der Waals surface area contributed by atoms with E-state index in [1.54, 1.807) is 0 Å². The molecule has 2 aromatic carbocycles. The molecule has 0 spiro atoms. The van der Waals surface area contributed by atoms with Crippen molar-refractivity contribution in [3.05, 3.63) is 24.3 Å². The average molecular weight is 324 g/mol. The summed E-state index contributed by atoms with van der Waals surface area (Å²) in [5.74, 6) is -0.598. The number of fused-ring (bicyclic) bond motifs is 1. The Labute approximate surface area is 113 Å². The molecule has 108 valence electrons. The molecule has 2 atom stereocenters. The Bertz CT molecular complexity index is 839. The molecular weight excluding hydrogens is 312 g/mol. The van der Waals surface area contributed by atoms with Gasteiger partial charge < -0.3 is 10.2 Å². The lowest BCUT2D eigenvalue weighted by molar-refractivity contribution is 0.458. The van der Waals surface area contributed by atoms with E-state index in [4.69, 9.17) is 27.7 Å². The first-order valence-corrected chi connectivity index (χ1v) is 7.98. The molecule has 20 heavy (non-hydrogen) atoms. The normalized spacial score (nSPS) is 17.5. The van der Waals surface area contributed by atoms with Gasteiger partial charge in [-0.1, -0.05) is 0 Å². The van der Waals surface area contributed by atoms with Crippen molar-refractivity contribution < 1.29 is 36.2 Å². The van der Waals surface area contributed by atoms with E-state index in [1.807, 2.05) is 0 Å². The summed E-state index contributed by atoms with van der Waals surface area (Å²) in [6, 6.07) is 3.89. The van der Waals surface area contributed by atoms with Gasteiger partial charge in [-0.15, -0.1) is 8.42 Å². The summed E-state index contributed by atoms with van der Waals surface area (Å²) >= 11 is 0. The lowest BCUT2D eigenvalue weighted by atomic mass is 10.1. The average Bonchev–Trinajstić information content (AvgIpc) is 2.25. The van der Waals surface area contributed by atoms with E-state index >= 15 is 0 Å². The van der Waals surface area contributed by atoms with E-state index in [9.17, 15) is 8.42 Å². The molecular formula is C10H12O8S2+4. The topological polar surface area (TPSA) is 163 Å². The summed E-state index contributed by atoms with van der Waals surface area (Å²) in [6.45, 7) is 0. The molecule has 8 nitrogen and oxygen atoms in total. The molecule has 0 aliphatic rings. The zero-order valence-electron chi connectivity index (χ0n) is 9.73. The van der Waals surface area contributed by atoms with Crippen LogP contribution in [0.15, 0.2) is 34.1 Å². The third-order valence-electron chi connectivity index (χ3n) is 2.61. The fourth-order valence-electron chi connectivity index (χ4n) is 1.77. The maximum atomic E-state index is 11.2. The lowest BCUT2D eigenvalue weighted by Gasteiger charge is -2.01. The van der Waals surface area contributed by atoms with Crippen LogP contribution in [0.3, 0.4) is 0 Å². The Morgan fingerprint density at radius 3 is 1.50 bits per heavy atom. The Morgan fingerprint density at radius 1 is 0.850 bits per heavy atom. The minimum atomic E-state index is -4.31. The first kappa shape index (κ1) is 14.5. The Kier molecular flexibility index (Phi) is 3.13. The number of hydrogen-bond acceptors (Lipinski definition) is 2. The highest BCUT2D eigenvalue weighted by atomic mass is 32.2. The number of hydrogen-bond donors (Lipinski definition) is 2. The molecule has 8 N–H and O–H groups in total. The molecule has 0 fully saturated rings. The summed E-state index contributed by atoms with van der Waals surface area (Å²) in [4.78, 5) is -0.928. The SMILES string of the molecule is O=S(O)(=[OH+])c1cc([OH2+])c2c([OH2+])cc(S(=O)(O)=[OH+])cc2c1. The Balaban J connectivity index is 2.95. The molecule has 2 aromatic rings. The van der Waals surface area contributed by atoms with Crippen molar-refractivity contribution in [1.82, 2.24) is 0 Å². The summed E-state index contributed by atoms with van der Waals surface area (Å²) in [6.07, 6.45) is 0. The third kappa shape index (κ3) is 2.54. The predicted octanol–water partition coefficient (Wildman–Crippen LogP) is 0.523. The third-order valence-corrected chi connectivity index (χ3v) is 4.31. The van der Waals surface area contributed by atoms with E-state index in [1.165, 1.54) is 0 Å². The molecule has 0 aromatic heterocycles. The summed E-state index contributed by atoms with van der Waals surface area (Å²) in [5.41, 5.74) is 0. The highest BCUT2D eigenvalue weighted by Gasteiger charge is 2.26. The molecule has 2 unspecified atom stereocenters. The van der Waals surface area contributed by atoms with Crippen molar-refractivity contribution in [1.29, 1.82) is 0 Å². The standard InChI is InChI=1S/C10H8O8S2/c11-8-3-6(19(13,14)15)1-5-2-7(20(16,17)18)4-9(12)10(5)8/h1-4,11-12H,(H,13,14,15)(H,16,17,18)/p+4. The van der Waals surface area contributed by atoms with Crippen LogP contribution in [-0.4, -0.2) is 36.2 Å². The molecule has 0 bridgehead atoms. The van der Waals surface area contributed by atoms with Gasteiger partial charge in [-0.2, -0.15) is 8.42 Å². The van der Waals surface area contributed by atoms with Gasteiger partial charge in [0.15, 0.2) is 15.2 Å². The van der Waals surface area contributed by atoms with Gasteiger partial charge in [0.1, 0.15) is 0 Å². The molecule has 0 aliphatic heterocycles. The molecule has 0 heterocycles. The minimum Gasteiger partial charge on any atom is -0.593 e. The van der Waals surface area contributed by atoms with Crippen LogP contribution < -0.4 is 0 Å². The van der Waals surface area contributed by atoms with Crippen molar-refractivity contribution in [3.8, 4) is 11.5 Å². The van der Waals surface area contributed by atoms with Gasteiger partial charge in [0.2, 0.25) is 0 Å². The van der Waals surface area contributed by atoms with Crippen LogP contribution in [0.2, 0.25) is 0 Å². The van der Waals surface area contributed by atoms with Crippen molar-refractivity contribution in [2.75, 3.05) is 0 Å². The second-order valence-electron chi connectivity index (χ2n) is 4.03. The summed E-state index contributed by atoms with van der Waals surface area (Å²) < 4.78 is 58.6. The second-order valence-corrected chi connectivity index (χ2v) is 6.96. The van der Waals surface area contributed by atoms with Crippen molar-refractivity contribution in [2.24, 2.45) is 0 Å². The fourth-order valence-corrected chi connectivity index (χ4v) is 2.87. The van der Waals surface area contributed by atoms with Gasteiger partial charge in [-0.25, -0.2) is 9.11 Å². The van der Waals surface area contributed by atoms with Crippen LogP contribution in [0.25, 0.3) is 10.8 Å². The van der Waals surface area contributed by atoms with E-state index in [0.717, 1.165) is 24.3 Å². The van der Waals surface area contributed by atoms with Crippen molar-refractivity contribution >= 4 is 31.0 Å². The van der Waals surface area contributed by atoms with Crippen LogP contribution in [0, 0.1) is 0 Å². The largest absolute Gasteiger partial charge is 0.593 e. The zero-order valence-corrected chi connectivity index (χ0v) is 11.4. The van der Waals surface area contributed by atoms with Gasteiger partial charge in [-0.05, 0) is 12.1 Å². The zero-order chi connectivity index (χ0) is 15.3. The highest BCUT2D eigenvalue weighted by Crippen LogP contribution is 2.37. The highest BCUT2D eigenvalue weighted by molar-refractivity contribution is 7.86. The van der Waals surface area contributed by atoms with Crippen LogP contribution >= 0.6 is 0 Å². The predicted molar refractivity (Wildman–Crippen MR) is 72.0 cm³/mol. The Hall–Kier alpha value is -1.88. The molecule has 0 radical (unpaired) electrons. The summed E-state index contributed by atoms with van der Waals surface area (Å²) in [7, 11) is -8.61. The van der Waals surface area contributed by atoms with E-state index in [2.05, 4.69) is 0 Å². The lowest BCUT2D eigenvalue weighted by Crippen LogP contribution is -2.00. The quantitative estimate of drug-likeness (QED) is 0.608. The van der Waals surface area contributed by atoms with Gasteiger partial charge in [0.05, 0.1) is 12.1 Å². The molecule has 0 saturated carbocycles. The molecule has 0 amide bonds. The van der Waals surface area contributed by atoms with E-state index in [0.29, 0.717) is 0 Å². The van der Waals surface area contributed by atoms with Crippen LogP contribution in [0.5, 0.6) is 11.5 Å². The smallest absolute Gasteiger partial charge is 0.435 e. The van der Waals surface area contributed by atoms with Crippen molar-refractivity contribution in [2.45, 2.75) is 9.79 Å². The van der Waals surface area contributed by atoms with Crippen LogP contribution in [0.1, 0.15) is 0 Å². The minimum absolute atomic E-state index is 0.0154. The fraction of sp³-hybridized carbons (Fsp3) is 0. The number of benzene rings is 2. The second kappa shape index (κ2) is 4.31. The van der Waals surface area contributed by atoms with E-state index < -0.39 is 30.0 Å². The maximum Gasteiger partial charge on any atom is 0.435 e. The first-order chi connectivity index (χ1) is 9.00. The van der Waals surface area contributed by atoms with Gasteiger partial charge in [0.25, 0.3) is 11.5 Å². The van der Waals surface area contributed by atoms with Gasteiger partial charge >= 0.3 is 20.2 Å².